The van der Waals surface area contributed by atoms with Crippen molar-refractivity contribution >= 4 is 28.8 Å². The lowest BCUT2D eigenvalue weighted by molar-refractivity contribution is 0.0790. The number of hydrogen-bond acceptors (Lipinski definition) is 3. The lowest BCUT2D eigenvalue weighted by Crippen LogP contribution is -2.25. The number of amides is 1. The third kappa shape index (κ3) is 3.01. The second kappa shape index (κ2) is 6.08. The van der Waals surface area contributed by atoms with Crippen LogP contribution in [0.4, 0.5) is 0 Å². The predicted molar refractivity (Wildman–Crippen MR) is 81.0 cm³/mol. The van der Waals surface area contributed by atoms with Gasteiger partial charge >= 0.3 is 0 Å². The number of nitrogens with zero attached hydrogens (tertiary/aromatic N) is 2. The van der Waals surface area contributed by atoms with E-state index in [1.165, 1.54) is 11.3 Å². The smallest absolute Gasteiger partial charge is 0.265 e. The van der Waals surface area contributed by atoms with Gasteiger partial charge in [-0.25, -0.2) is 0 Å². The summed E-state index contributed by atoms with van der Waals surface area (Å²) in [5.41, 5.74) is 2.43. The summed E-state index contributed by atoms with van der Waals surface area (Å²) < 4.78 is 0. The Balaban J connectivity index is 2.15. The number of halogens is 1. The molecule has 0 saturated carbocycles. The van der Waals surface area contributed by atoms with Crippen molar-refractivity contribution in [2.75, 3.05) is 7.05 Å². The molecule has 20 heavy (non-hydrogen) atoms. The van der Waals surface area contributed by atoms with Crippen molar-refractivity contribution < 1.29 is 4.79 Å². The van der Waals surface area contributed by atoms with Gasteiger partial charge in [0.15, 0.2) is 0 Å². The predicted octanol–water partition coefficient (Wildman–Crippen LogP) is 3.85. The molecule has 0 saturated heterocycles. The Morgan fingerprint density at radius 2 is 2.25 bits per heavy atom. The van der Waals surface area contributed by atoms with Gasteiger partial charge in [0, 0.05) is 13.6 Å². The van der Waals surface area contributed by atoms with Gasteiger partial charge in [-0.15, -0.1) is 11.3 Å². The number of aryl methyl sites for hydroxylation is 1. The van der Waals surface area contributed by atoms with Crippen molar-refractivity contribution in [3.8, 4) is 6.07 Å². The van der Waals surface area contributed by atoms with Crippen molar-refractivity contribution in [2.45, 2.75) is 13.5 Å². The molecular formula is C15H13ClN2OS. The Kier molecular flexibility index (Phi) is 4.43. The minimum Gasteiger partial charge on any atom is -0.337 e. The quantitative estimate of drug-likeness (QED) is 0.864. The molecule has 0 bridgehead atoms. The number of hydrogen-bond donors (Lipinski definition) is 0. The van der Waals surface area contributed by atoms with Gasteiger partial charge in [0.05, 0.1) is 16.7 Å². The molecule has 0 spiro atoms. The molecule has 102 valence electrons. The number of benzene rings is 1. The van der Waals surface area contributed by atoms with Gasteiger partial charge in [0.1, 0.15) is 4.88 Å². The fourth-order valence-electron chi connectivity index (χ4n) is 1.83. The summed E-state index contributed by atoms with van der Waals surface area (Å²) in [5.74, 6) is -0.101. The van der Waals surface area contributed by atoms with Crippen LogP contribution in [0, 0.1) is 18.3 Å². The molecule has 2 aromatic rings. The first-order valence-corrected chi connectivity index (χ1v) is 7.26. The number of nitriles is 1. The van der Waals surface area contributed by atoms with E-state index >= 15 is 0 Å². The maximum Gasteiger partial charge on any atom is 0.265 e. The van der Waals surface area contributed by atoms with Crippen molar-refractivity contribution in [3.63, 3.8) is 0 Å². The molecular weight excluding hydrogens is 292 g/mol. The lowest BCUT2D eigenvalue weighted by atomic mass is 10.1. The fourth-order valence-corrected chi connectivity index (χ4v) is 3.10. The zero-order chi connectivity index (χ0) is 14.7. The van der Waals surface area contributed by atoms with Gasteiger partial charge in [-0.3, -0.25) is 4.79 Å². The SMILES string of the molecule is Cc1csc(C(=O)N(C)Cc2cccc(C#N)c2)c1Cl. The lowest BCUT2D eigenvalue weighted by Gasteiger charge is -2.16. The summed E-state index contributed by atoms with van der Waals surface area (Å²) in [5, 5.41) is 11.3. The Morgan fingerprint density at radius 3 is 2.85 bits per heavy atom. The summed E-state index contributed by atoms with van der Waals surface area (Å²) >= 11 is 7.47. The van der Waals surface area contributed by atoms with Crippen LogP contribution >= 0.6 is 22.9 Å². The first kappa shape index (κ1) is 14.6. The van der Waals surface area contributed by atoms with Gasteiger partial charge in [-0.05, 0) is 35.6 Å². The van der Waals surface area contributed by atoms with Crippen LogP contribution in [0.3, 0.4) is 0 Å². The van der Waals surface area contributed by atoms with Crippen LogP contribution in [0.2, 0.25) is 5.02 Å². The first-order chi connectivity index (χ1) is 9.52. The average Bonchev–Trinajstić information content (AvgIpc) is 2.78. The van der Waals surface area contributed by atoms with E-state index in [2.05, 4.69) is 6.07 Å². The van der Waals surface area contributed by atoms with E-state index in [9.17, 15) is 4.79 Å². The van der Waals surface area contributed by atoms with Crippen LogP contribution in [0.25, 0.3) is 0 Å². The molecule has 3 nitrogen and oxygen atoms in total. The molecule has 0 radical (unpaired) electrons. The molecule has 1 aromatic carbocycles. The molecule has 1 heterocycles. The third-order valence-corrected chi connectivity index (χ3v) is 4.60. The number of rotatable bonds is 3. The minimum absolute atomic E-state index is 0.101. The van der Waals surface area contributed by atoms with Crippen molar-refractivity contribution in [3.05, 3.63) is 56.2 Å². The van der Waals surface area contributed by atoms with Crippen LogP contribution in [0.1, 0.15) is 26.4 Å². The zero-order valence-electron chi connectivity index (χ0n) is 11.2. The topological polar surface area (TPSA) is 44.1 Å². The highest BCUT2D eigenvalue weighted by atomic mass is 35.5. The molecule has 0 aliphatic carbocycles. The van der Waals surface area contributed by atoms with Crippen LogP contribution in [-0.2, 0) is 6.54 Å². The van der Waals surface area contributed by atoms with Crippen molar-refractivity contribution in [2.24, 2.45) is 0 Å². The maximum atomic E-state index is 12.3. The molecule has 1 amide bonds. The van der Waals surface area contributed by atoms with Crippen LogP contribution in [-0.4, -0.2) is 17.9 Å². The van der Waals surface area contributed by atoms with Gasteiger partial charge < -0.3 is 4.90 Å². The summed E-state index contributed by atoms with van der Waals surface area (Å²) in [7, 11) is 1.73. The molecule has 0 N–H and O–H groups in total. The molecule has 0 aliphatic heterocycles. The molecule has 0 atom stereocenters. The highest BCUT2D eigenvalue weighted by Gasteiger charge is 2.18. The van der Waals surface area contributed by atoms with Crippen LogP contribution in [0.5, 0.6) is 0 Å². The molecule has 5 heteroatoms. The molecule has 1 aromatic heterocycles. The van der Waals surface area contributed by atoms with Gasteiger partial charge in [0.25, 0.3) is 5.91 Å². The fraction of sp³-hybridized carbons (Fsp3) is 0.200. The normalized spacial score (nSPS) is 10.1. The summed E-state index contributed by atoms with van der Waals surface area (Å²) in [4.78, 5) is 14.5. The summed E-state index contributed by atoms with van der Waals surface area (Å²) in [6.07, 6.45) is 0. The largest absolute Gasteiger partial charge is 0.337 e. The van der Waals surface area contributed by atoms with Crippen molar-refractivity contribution in [1.29, 1.82) is 5.26 Å². The van der Waals surface area contributed by atoms with Crippen LogP contribution in [0.15, 0.2) is 29.6 Å². The average molecular weight is 305 g/mol. The second-order valence-electron chi connectivity index (χ2n) is 4.54. The van der Waals surface area contributed by atoms with E-state index in [0.29, 0.717) is 22.0 Å². The van der Waals surface area contributed by atoms with E-state index < -0.39 is 0 Å². The monoisotopic (exact) mass is 304 g/mol. The number of carbonyl (C=O) groups excluding carboxylic acids is 1. The Bertz CT molecular complexity index is 687. The molecule has 0 aliphatic rings. The standard InChI is InChI=1S/C15H13ClN2OS/c1-10-9-20-14(13(10)16)15(19)18(2)8-12-5-3-4-11(6-12)7-17/h3-6,9H,8H2,1-2H3. The highest BCUT2D eigenvalue weighted by Crippen LogP contribution is 2.28. The number of thiophene rings is 1. The van der Waals surface area contributed by atoms with Crippen molar-refractivity contribution in [1.82, 2.24) is 4.90 Å². The Hall–Kier alpha value is -1.83. The third-order valence-electron chi connectivity index (χ3n) is 2.92. The van der Waals surface area contributed by atoms with E-state index in [4.69, 9.17) is 16.9 Å². The zero-order valence-corrected chi connectivity index (χ0v) is 12.8. The van der Waals surface area contributed by atoms with Gasteiger partial charge in [-0.1, -0.05) is 23.7 Å². The second-order valence-corrected chi connectivity index (χ2v) is 5.79. The molecule has 2 rings (SSSR count). The minimum atomic E-state index is -0.101. The Morgan fingerprint density at radius 1 is 1.50 bits per heavy atom. The summed E-state index contributed by atoms with van der Waals surface area (Å²) in [6.45, 7) is 2.33. The molecule has 0 unspecified atom stereocenters. The summed E-state index contributed by atoms with van der Waals surface area (Å²) in [6, 6.07) is 9.32. The molecule has 0 fully saturated rings. The first-order valence-electron chi connectivity index (χ1n) is 6.01. The van der Waals surface area contributed by atoms with E-state index in [-0.39, 0.29) is 5.91 Å². The van der Waals surface area contributed by atoms with E-state index in [1.54, 1.807) is 24.1 Å². The van der Waals surface area contributed by atoms with E-state index in [0.717, 1.165) is 11.1 Å². The maximum absolute atomic E-state index is 12.3. The highest BCUT2D eigenvalue weighted by molar-refractivity contribution is 7.13. The van der Waals surface area contributed by atoms with Gasteiger partial charge in [0.2, 0.25) is 0 Å². The van der Waals surface area contributed by atoms with Crippen LogP contribution < -0.4 is 0 Å². The van der Waals surface area contributed by atoms with E-state index in [1.807, 2.05) is 24.4 Å². The van der Waals surface area contributed by atoms with Gasteiger partial charge in [-0.2, -0.15) is 5.26 Å². The Labute approximate surface area is 127 Å². The number of carbonyl (C=O) groups is 1.